The largest absolute Gasteiger partial charge is 0.461 e. The molecular formula is C31H53NO4. The number of nitrogens with zero attached hydrogens (tertiary/aromatic N) is 1. The van der Waals surface area contributed by atoms with Crippen LogP contribution in [0.4, 0.5) is 0 Å². The van der Waals surface area contributed by atoms with E-state index in [9.17, 15) is 14.7 Å². The second-order valence-corrected chi connectivity index (χ2v) is 13.7. The maximum atomic E-state index is 13.6. The van der Waals surface area contributed by atoms with E-state index in [-0.39, 0.29) is 34.9 Å². The topological polar surface area (TPSA) is 66.8 Å². The molecule has 5 unspecified atom stereocenters. The van der Waals surface area contributed by atoms with Gasteiger partial charge in [0.2, 0.25) is 0 Å². The summed E-state index contributed by atoms with van der Waals surface area (Å²) in [5, 5.41) is 10.5. The van der Waals surface area contributed by atoms with Gasteiger partial charge in [-0.15, -0.1) is 0 Å². The van der Waals surface area contributed by atoms with Gasteiger partial charge in [-0.25, -0.2) is 0 Å². The summed E-state index contributed by atoms with van der Waals surface area (Å²) in [7, 11) is 0. The molecule has 1 N–H and O–H groups in total. The minimum Gasteiger partial charge on any atom is -0.461 e. The van der Waals surface area contributed by atoms with E-state index in [4.69, 9.17) is 4.74 Å². The summed E-state index contributed by atoms with van der Waals surface area (Å²) in [4.78, 5) is 28.6. The van der Waals surface area contributed by atoms with Crippen molar-refractivity contribution in [2.45, 2.75) is 137 Å². The summed E-state index contributed by atoms with van der Waals surface area (Å²) in [6, 6.07) is 0.670. The van der Waals surface area contributed by atoms with Crippen LogP contribution in [-0.4, -0.2) is 52.6 Å². The molecule has 4 aliphatic carbocycles. The van der Waals surface area contributed by atoms with Crippen LogP contribution in [0.2, 0.25) is 0 Å². The molecule has 4 saturated carbocycles. The zero-order chi connectivity index (χ0) is 26.4. The van der Waals surface area contributed by atoms with Crippen LogP contribution < -0.4 is 0 Å². The minimum absolute atomic E-state index is 0.0809. The summed E-state index contributed by atoms with van der Waals surface area (Å²) in [6.45, 7) is 15.6. The zero-order valence-electron chi connectivity index (χ0n) is 24.1. The standard InChI is InChI=1S/C31H53NO4/c1-8-19(3)32(20(4)9-2)18-28(35)36-27-17-31(7)25(21(5)33)12-13-26(31)24-11-10-22-16-23(34)14-15-30(22,6)29(24)27/h19-20,22-27,29,34H,8-18H2,1-7H3/t19?,20?,22?,23?,24-,25+,26-,27?,29+,30-,31+/m0/s1. The van der Waals surface area contributed by atoms with E-state index >= 15 is 0 Å². The molecule has 0 aromatic carbocycles. The highest BCUT2D eigenvalue weighted by atomic mass is 16.5. The van der Waals surface area contributed by atoms with Gasteiger partial charge in [0.05, 0.1) is 12.6 Å². The molecule has 0 radical (unpaired) electrons. The van der Waals surface area contributed by atoms with E-state index in [1.54, 1.807) is 6.92 Å². The van der Waals surface area contributed by atoms with Gasteiger partial charge in [0.1, 0.15) is 11.9 Å². The third-order valence-electron chi connectivity index (χ3n) is 11.9. The van der Waals surface area contributed by atoms with Crippen LogP contribution in [0.3, 0.4) is 0 Å². The van der Waals surface area contributed by atoms with E-state index < -0.39 is 0 Å². The first-order valence-electron chi connectivity index (χ1n) is 15.1. The maximum absolute atomic E-state index is 13.6. The molecule has 0 aliphatic heterocycles. The van der Waals surface area contributed by atoms with Crippen molar-refractivity contribution in [2.75, 3.05) is 6.54 Å². The second kappa shape index (κ2) is 10.7. The lowest BCUT2D eigenvalue weighted by Gasteiger charge is -2.62. The summed E-state index contributed by atoms with van der Waals surface area (Å²) >= 11 is 0. The number of ether oxygens (including phenoxy) is 1. The van der Waals surface area contributed by atoms with Gasteiger partial charge in [-0.3, -0.25) is 14.5 Å². The summed E-state index contributed by atoms with van der Waals surface area (Å²) in [6.07, 6.45) is 9.65. The van der Waals surface area contributed by atoms with Gasteiger partial charge in [0, 0.05) is 23.9 Å². The Morgan fingerprint density at radius 1 is 1.00 bits per heavy atom. The van der Waals surface area contributed by atoms with Crippen LogP contribution in [0.25, 0.3) is 0 Å². The Morgan fingerprint density at radius 2 is 1.67 bits per heavy atom. The van der Waals surface area contributed by atoms with Crippen molar-refractivity contribution < 1.29 is 19.4 Å². The van der Waals surface area contributed by atoms with E-state index in [1.807, 2.05) is 0 Å². The molecule has 0 aromatic rings. The van der Waals surface area contributed by atoms with Crippen molar-refractivity contribution >= 4 is 11.8 Å². The molecule has 0 spiro atoms. The van der Waals surface area contributed by atoms with Gasteiger partial charge in [0.25, 0.3) is 0 Å². The number of fused-ring (bicyclic) bond motifs is 5. The van der Waals surface area contributed by atoms with E-state index in [0.717, 1.165) is 64.2 Å². The van der Waals surface area contributed by atoms with Gasteiger partial charge < -0.3 is 9.84 Å². The Labute approximate surface area is 220 Å². The number of aliphatic hydroxyl groups is 1. The Hall–Kier alpha value is -0.940. The van der Waals surface area contributed by atoms with Crippen LogP contribution in [0.15, 0.2) is 0 Å². The lowest BCUT2D eigenvalue weighted by Crippen LogP contribution is -2.60. The predicted octanol–water partition coefficient (Wildman–Crippen LogP) is 6.02. The molecule has 36 heavy (non-hydrogen) atoms. The number of esters is 1. The number of hydrogen-bond donors (Lipinski definition) is 1. The van der Waals surface area contributed by atoms with Crippen molar-refractivity contribution in [3.05, 3.63) is 0 Å². The molecule has 206 valence electrons. The van der Waals surface area contributed by atoms with Crippen molar-refractivity contribution in [3.8, 4) is 0 Å². The quantitative estimate of drug-likeness (QED) is 0.411. The summed E-state index contributed by atoms with van der Waals surface area (Å²) in [5.41, 5.74) is 0.0122. The summed E-state index contributed by atoms with van der Waals surface area (Å²) < 4.78 is 6.57. The molecule has 0 aromatic heterocycles. The zero-order valence-corrected chi connectivity index (χ0v) is 24.1. The van der Waals surface area contributed by atoms with Gasteiger partial charge in [-0.05, 0) is 114 Å². The van der Waals surface area contributed by atoms with Crippen LogP contribution in [0.5, 0.6) is 0 Å². The number of aliphatic hydroxyl groups excluding tert-OH is 1. The maximum Gasteiger partial charge on any atom is 0.320 e. The molecule has 0 amide bonds. The number of ketones is 1. The van der Waals surface area contributed by atoms with Crippen molar-refractivity contribution in [1.29, 1.82) is 0 Å². The second-order valence-electron chi connectivity index (χ2n) is 13.7. The average Bonchev–Trinajstić information content (AvgIpc) is 3.18. The van der Waals surface area contributed by atoms with E-state index in [0.29, 0.717) is 48.1 Å². The molecule has 0 heterocycles. The van der Waals surface area contributed by atoms with E-state index in [1.165, 1.54) is 0 Å². The molecule has 4 rings (SSSR count). The highest BCUT2D eigenvalue weighted by molar-refractivity contribution is 5.79. The smallest absolute Gasteiger partial charge is 0.320 e. The van der Waals surface area contributed by atoms with Gasteiger partial charge >= 0.3 is 5.97 Å². The first-order chi connectivity index (χ1) is 17.0. The highest BCUT2D eigenvalue weighted by Crippen LogP contribution is 2.68. The molecule has 0 saturated heterocycles. The average molecular weight is 504 g/mol. The van der Waals surface area contributed by atoms with E-state index in [2.05, 4.69) is 46.4 Å². The van der Waals surface area contributed by atoms with Crippen molar-refractivity contribution in [1.82, 2.24) is 4.90 Å². The molecular weight excluding hydrogens is 450 g/mol. The lowest BCUT2D eigenvalue weighted by atomic mass is 9.43. The fourth-order valence-corrected chi connectivity index (χ4v) is 9.67. The van der Waals surface area contributed by atoms with Gasteiger partial charge in [-0.1, -0.05) is 27.7 Å². The SMILES string of the molecule is CCC(C)N(CC(=O)OC1C[C@]2(C)[C@@H](C(C)=O)CC[C@H]2[C@@H]2CCC3CC(O)CC[C@]3(C)[C@@H]12)C(C)CC. The third kappa shape index (κ3) is 4.81. The van der Waals surface area contributed by atoms with Crippen LogP contribution in [0, 0.1) is 40.4 Å². The Bertz CT molecular complexity index is 804. The molecule has 11 atom stereocenters. The van der Waals surface area contributed by atoms with Gasteiger partial charge in [-0.2, -0.15) is 0 Å². The van der Waals surface area contributed by atoms with Crippen LogP contribution in [0.1, 0.15) is 113 Å². The van der Waals surface area contributed by atoms with Gasteiger partial charge in [0.15, 0.2) is 0 Å². The van der Waals surface area contributed by atoms with Crippen LogP contribution in [-0.2, 0) is 14.3 Å². The Balaban J connectivity index is 1.64. The number of hydrogen-bond acceptors (Lipinski definition) is 5. The molecule has 5 heteroatoms. The number of carbonyl (C=O) groups is 2. The van der Waals surface area contributed by atoms with Crippen molar-refractivity contribution in [2.24, 2.45) is 40.4 Å². The molecule has 4 fully saturated rings. The lowest BCUT2D eigenvalue weighted by molar-refractivity contribution is -0.200. The minimum atomic E-state index is -0.192. The Morgan fingerprint density at radius 3 is 2.28 bits per heavy atom. The third-order valence-corrected chi connectivity index (χ3v) is 11.9. The number of carbonyl (C=O) groups excluding carboxylic acids is 2. The predicted molar refractivity (Wildman–Crippen MR) is 143 cm³/mol. The van der Waals surface area contributed by atoms with Crippen LogP contribution >= 0.6 is 0 Å². The first-order valence-corrected chi connectivity index (χ1v) is 15.1. The van der Waals surface area contributed by atoms with Crippen molar-refractivity contribution in [3.63, 3.8) is 0 Å². The number of rotatable bonds is 8. The monoisotopic (exact) mass is 503 g/mol. The molecule has 0 bridgehead atoms. The Kier molecular flexibility index (Phi) is 8.32. The molecule has 4 aliphatic rings. The fourth-order valence-electron chi connectivity index (χ4n) is 9.67. The number of Topliss-reactive ketones (excluding diaryl/α,β-unsaturated/α-hetero) is 1. The highest BCUT2D eigenvalue weighted by Gasteiger charge is 2.64. The first kappa shape index (κ1) is 28.1. The normalized spacial score (nSPS) is 43.8. The molecule has 5 nitrogen and oxygen atoms in total. The summed E-state index contributed by atoms with van der Waals surface area (Å²) in [5.74, 6) is 2.16. The fraction of sp³-hybridized carbons (Fsp3) is 0.935.